The van der Waals surface area contributed by atoms with Gasteiger partial charge in [-0.3, -0.25) is 14.9 Å². The van der Waals surface area contributed by atoms with Gasteiger partial charge < -0.3 is 15.6 Å². The molecule has 4 N–H and O–H groups in total. The minimum Gasteiger partial charge on any atom is -0.394 e. The van der Waals surface area contributed by atoms with Crippen LogP contribution in [0.3, 0.4) is 0 Å². The third-order valence-corrected chi connectivity index (χ3v) is 5.17. The van der Waals surface area contributed by atoms with Crippen molar-refractivity contribution in [3.63, 3.8) is 0 Å². The molecular formula is C21H23FN6O. The Morgan fingerprint density at radius 1 is 1.28 bits per heavy atom. The standard InChI is InChI=1S/C21H23FN6O/c1-11-9-16-20(25-15(11)5-4-8-28(2)3)17(18(23)21(29)26-16)12-6-7-14(22)19-13(12)10-24-27-19/h6-7,9-10H,4-5,8,23H2,1-3H3,(H,24,27)(H,26,29). The minimum atomic E-state index is -0.415. The number of nitrogen functional groups attached to an aromatic ring is 1. The number of benzene rings is 1. The van der Waals surface area contributed by atoms with Crippen LogP contribution in [0.25, 0.3) is 33.1 Å². The number of rotatable bonds is 5. The van der Waals surface area contributed by atoms with E-state index in [0.717, 1.165) is 30.6 Å². The summed E-state index contributed by atoms with van der Waals surface area (Å²) in [7, 11) is 4.07. The Labute approximate surface area is 166 Å². The second kappa shape index (κ2) is 7.29. The minimum absolute atomic E-state index is 0.0576. The molecule has 7 nitrogen and oxygen atoms in total. The van der Waals surface area contributed by atoms with Crippen LogP contribution in [0.5, 0.6) is 0 Å². The lowest BCUT2D eigenvalue weighted by Gasteiger charge is -2.14. The van der Waals surface area contributed by atoms with Gasteiger partial charge in [0.2, 0.25) is 0 Å². The van der Waals surface area contributed by atoms with Crippen molar-refractivity contribution in [2.75, 3.05) is 26.4 Å². The van der Waals surface area contributed by atoms with Crippen LogP contribution >= 0.6 is 0 Å². The largest absolute Gasteiger partial charge is 0.394 e. The topological polar surface area (TPSA) is 104 Å². The fourth-order valence-electron chi connectivity index (χ4n) is 3.68. The summed E-state index contributed by atoms with van der Waals surface area (Å²) in [5.74, 6) is -0.415. The van der Waals surface area contributed by atoms with E-state index in [0.29, 0.717) is 27.5 Å². The molecule has 0 bridgehead atoms. The van der Waals surface area contributed by atoms with Crippen LogP contribution < -0.4 is 11.3 Å². The monoisotopic (exact) mass is 394 g/mol. The molecule has 3 heterocycles. The Hall–Kier alpha value is -3.26. The van der Waals surface area contributed by atoms with Gasteiger partial charge in [-0.15, -0.1) is 0 Å². The summed E-state index contributed by atoms with van der Waals surface area (Å²) in [4.78, 5) is 22.3. The molecule has 0 radical (unpaired) electrons. The highest BCUT2D eigenvalue weighted by Gasteiger charge is 2.19. The van der Waals surface area contributed by atoms with Crippen molar-refractivity contribution in [3.8, 4) is 11.1 Å². The van der Waals surface area contributed by atoms with Crippen LogP contribution in [-0.2, 0) is 6.42 Å². The average molecular weight is 394 g/mol. The molecule has 4 rings (SSSR count). The lowest BCUT2D eigenvalue weighted by molar-refractivity contribution is 0.399. The van der Waals surface area contributed by atoms with E-state index in [1.165, 1.54) is 12.3 Å². The zero-order chi connectivity index (χ0) is 20.7. The summed E-state index contributed by atoms with van der Waals surface area (Å²) in [5.41, 5.74) is 10.4. The van der Waals surface area contributed by atoms with Crippen LogP contribution in [-0.4, -0.2) is 45.7 Å². The van der Waals surface area contributed by atoms with Crippen LogP contribution in [0.1, 0.15) is 17.7 Å². The average Bonchev–Trinajstić information content (AvgIpc) is 3.16. The summed E-state index contributed by atoms with van der Waals surface area (Å²) in [6.45, 7) is 2.94. The molecule has 0 fully saturated rings. The number of nitrogens with one attached hydrogen (secondary N) is 2. The molecule has 4 aromatic rings. The lowest BCUT2D eigenvalue weighted by atomic mass is 9.98. The Morgan fingerprint density at radius 3 is 2.83 bits per heavy atom. The Bertz CT molecular complexity index is 1270. The normalized spacial score (nSPS) is 11.8. The van der Waals surface area contributed by atoms with E-state index in [2.05, 4.69) is 20.1 Å². The number of aryl methyl sites for hydroxylation is 2. The second-order valence-electron chi connectivity index (χ2n) is 7.55. The number of aromatic nitrogens is 4. The zero-order valence-corrected chi connectivity index (χ0v) is 16.6. The van der Waals surface area contributed by atoms with Crippen molar-refractivity contribution < 1.29 is 4.39 Å². The van der Waals surface area contributed by atoms with Gasteiger partial charge in [-0.25, -0.2) is 4.39 Å². The van der Waals surface area contributed by atoms with Crippen molar-refractivity contribution in [1.82, 2.24) is 25.1 Å². The van der Waals surface area contributed by atoms with Gasteiger partial charge in [-0.1, -0.05) is 6.07 Å². The quantitative estimate of drug-likeness (QED) is 0.483. The molecule has 0 aliphatic carbocycles. The first kappa shape index (κ1) is 19.1. The van der Waals surface area contributed by atoms with Gasteiger partial charge in [-0.2, -0.15) is 5.10 Å². The molecule has 0 saturated carbocycles. The number of H-pyrrole nitrogens is 2. The number of pyridine rings is 2. The van der Waals surface area contributed by atoms with E-state index in [1.807, 2.05) is 27.1 Å². The Kier molecular flexibility index (Phi) is 4.79. The number of hydrogen-bond acceptors (Lipinski definition) is 5. The van der Waals surface area contributed by atoms with E-state index in [4.69, 9.17) is 10.7 Å². The van der Waals surface area contributed by atoms with Gasteiger partial charge in [0.15, 0.2) is 0 Å². The summed E-state index contributed by atoms with van der Waals surface area (Å²) < 4.78 is 14.1. The highest BCUT2D eigenvalue weighted by Crippen LogP contribution is 2.35. The number of nitrogens with zero attached hydrogens (tertiary/aromatic N) is 3. The Balaban J connectivity index is 1.97. The summed E-state index contributed by atoms with van der Waals surface area (Å²) in [6.07, 6.45) is 3.30. The third-order valence-electron chi connectivity index (χ3n) is 5.17. The van der Waals surface area contributed by atoms with Gasteiger partial charge in [0.1, 0.15) is 17.0 Å². The maximum absolute atomic E-state index is 14.1. The second-order valence-corrected chi connectivity index (χ2v) is 7.55. The van der Waals surface area contributed by atoms with Gasteiger partial charge in [0.25, 0.3) is 5.56 Å². The molecule has 0 spiro atoms. The Morgan fingerprint density at radius 2 is 2.07 bits per heavy atom. The number of aromatic amines is 2. The highest BCUT2D eigenvalue weighted by molar-refractivity contribution is 6.06. The van der Waals surface area contributed by atoms with Crippen LogP contribution in [0, 0.1) is 12.7 Å². The first-order valence-corrected chi connectivity index (χ1v) is 9.45. The number of nitrogens with two attached hydrogens (primary N) is 1. The molecule has 0 aliphatic rings. The molecule has 1 aromatic carbocycles. The van der Waals surface area contributed by atoms with E-state index >= 15 is 0 Å². The summed E-state index contributed by atoms with van der Waals surface area (Å²) >= 11 is 0. The van der Waals surface area contributed by atoms with Crippen molar-refractivity contribution in [1.29, 1.82) is 0 Å². The molecule has 0 aliphatic heterocycles. The molecule has 8 heteroatoms. The lowest BCUT2D eigenvalue weighted by Crippen LogP contribution is -2.16. The SMILES string of the molecule is Cc1cc2[nH]c(=O)c(N)c(-c3ccc(F)c4[nH]ncc34)c2nc1CCCN(C)C. The molecule has 150 valence electrons. The van der Waals surface area contributed by atoms with Crippen molar-refractivity contribution >= 4 is 27.6 Å². The van der Waals surface area contributed by atoms with E-state index < -0.39 is 11.4 Å². The van der Waals surface area contributed by atoms with Crippen LogP contribution in [0.15, 0.2) is 29.2 Å². The molecule has 0 amide bonds. The highest BCUT2D eigenvalue weighted by atomic mass is 19.1. The molecule has 0 saturated heterocycles. The molecule has 29 heavy (non-hydrogen) atoms. The number of hydrogen-bond donors (Lipinski definition) is 3. The van der Waals surface area contributed by atoms with Crippen molar-refractivity contribution in [2.24, 2.45) is 0 Å². The fraction of sp³-hybridized carbons (Fsp3) is 0.286. The molecule has 0 atom stereocenters. The molecule has 0 unspecified atom stereocenters. The van der Waals surface area contributed by atoms with E-state index in [-0.39, 0.29) is 11.2 Å². The summed E-state index contributed by atoms with van der Waals surface area (Å²) in [5, 5.41) is 7.17. The van der Waals surface area contributed by atoms with Crippen molar-refractivity contribution in [3.05, 3.63) is 51.8 Å². The van der Waals surface area contributed by atoms with Gasteiger partial charge in [-0.05, 0) is 63.7 Å². The maximum atomic E-state index is 14.1. The first-order valence-electron chi connectivity index (χ1n) is 9.45. The smallest absolute Gasteiger partial charge is 0.272 e. The van der Waals surface area contributed by atoms with Crippen LogP contribution in [0.2, 0.25) is 0 Å². The van der Waals surface area contributed by atoms with E-state index in [1.54, 1.807) is 6.07 Å². The van der Waals surface area contributed by atoms with Crippen molar-refractivity contribution in [2.45, 2.75) is 19.8 Å². The zero-order valence-electron chi connectivity index (χ0n) is 16.6. The van der Waals surface area contributed by atoms with Gasteiger partial charge in [0, 0.05) is 16.6 Å². The predicted octanol–water partition coefficient (Wildman–Crippen LogP) is 2.99. The molecule has 3 aromatic heterocycles. The first-order chi connectivity index (χ1) is 13.9. The maximum Gasteiger partial charge on any atom is 0.272 e. The van der Waals surface area contributed by atoms with Crippen LogP contribution in [0.4, 0.5) is 10.1 Å². The predicted molar refractivity (Wildman–Crippen MR) is 113 cm³/mol. The van der Waals surface area contributed by atoms with E-state index in [9.17, 15) is 9.18 Å². The number of halogens is 1. The number of fused-ring (bicyclic) bond motifs is 2. The van der Waals surface area contributed by atoms with Gasteiger partial charge in [0.05, 0.1) is 17.2 Å². The fourth-order valence-corrected chi connectivity index (χ4v) is 3.68. The number of anilines is 1. The van der Waals surface area contributed by atoms with Gasteiger partial charge >= 0.3 is 0 Å². The molecular weight excluding hydrogens is 371 g/mol. The third kappa shape index (κ3) is 3.36. The summed E-state index contributed by atoms with van der Waals surface area (Å²) in [6, 6.07) is 4.88.